The van der Waals surface area contributed by atoms with Crippen molar-refractivity contribution in [1.82, 2.24) is 9.88 Å². The second-order valence-electron chi connectivity index (χ2n) is 6.80. The van der Waals surface area contributed by atoms with Crippen molar-refractivity contribution in [1.29, 1.82) is 0 Å². The number of aromatic nitrogens is 1. The maximum absolute atomic E-state index is 12.9. The number of hydrogen-bond acceptors (Lipinski definition) is 3. The number of methoxy groups -OCH3 is 1. The summed E-state index contributed by atoms with van der Waals surface area (Å²) in [5.41, 5.74) is 4.06. The molecule has 28 heavy (non-hydrogen) atoms. The molecular formula is C22H20N2O4. The highest BCUT2D eigenvalue weighted by Crippen LogP contribution is 2.32. The summed E-state index contributed by atoms with van der Waals surface area (Å²) in [5, 5.41) is 10.8. The predicted molar refractivity (Wildman–Crippen MR) is 106 cm³/mol. The summed E-state index contributed by atoms with van der Waals surface area (Å²) >= 11 is 0. The first-order valence-electron chi connectivity index (χ1n) is 9.00. The van der Waals surface area contributed by atoms with Crippen LogP contribution in [0.5, 0.6) is 5.75 Å². The summed E-state index contributed by atoms with van der Waals surface area (Å²) in [6.07, 6.45) is 2.00. The van der Waals surface area contributed by atoms with Gasteiger partial charge in [0.15, 0.2) is 0 Å². The smallest absolute Gasteiger partial charge is 0.339 e. The van der Waals surface area contributed by atoms with Gasteiger partial charge < -0.3 is 19.7 Å². The molecule has 0 bridgehead atoms. The Morgan fingerprint density at radius 2 is 1.89 bits per heavy atom. The van der Waals surface area contributed by atoms with Crippen LogP contribution in [0.25, 0.3) is 16.5 Å². The Bertz CT molecular complexity index is 1110. The highest BCUT2D eigenvalue weighted by atomic mass is 16.5. The first-order chi connectivity index (χ1) is 13.5. The third-order valence-corrected chi connectivity index (χ3v) is 5.13. The number of benzene rings is 2. The zero-order chi connectivity index (χ0) is 19.8. The SMILES string of the molecule is COc1ccc(C(=O)N2C=C(C(=O)O)c3[nH]c4c(C)cccc4c3CC2)cc1. The van der Waals surface area contributed by atoms with Gasteiger partial charge in [-0.25, -0.2) is 4.79 Å². The molecule has 0 atom stereocenters. The van der Waals surface area contributed by atoms with Crippen molar-refractivity contribution in [2.24, 2.45) is 0 Å². The van der Waals surface area contributed by atoms with Gasteiger partial charge in [-0.1, -0.05) is 18.2 Å². The molecule has 142 valence electrons. The zero-order valence-electron chi connectivity index (χ0n) is 15.7. The van der Waals surface area contributed by atoms with Gasteiger partial charge in [0.2, 0.25) is 0 Å². The molecular weight excluding hydrogens is 356 g/mol. The predicted octanol–water partition coefficient (Wildman–Crippen LogP) is 3.61. The number of nitrogens with zero attached hydrogens (tertiary/aromatic N) is 1. The topological polar surface area (TPSA) is 82.6 Å². The fraction of sp³-hybridized carbons (Fsp3) is 0.182. The number of carboxylic acids is 1. The normalized spacial score (nSPS) is 13.6. The number of aromatic amines is 1. The Hall–Kier alpha value is -3.54. The Labute approximate surface area is 162 Å². The summed E-state index contributed by atoms with van der Waals surface area (Å²) in [6.45, 7) is 2.39. The largest absolute Gasteiger partial charge is 0.497 e. The van der Waals surface area contributed by atoms with Crippen LogP contribution >= 0.6 is 0 Å². The van der Waals surface area contributed by atoms with Crippen LogP contribution in [0.1, 0.15) is 27.2 Å². The van der Waals surface area contributed by atoms with E-state index in [1.165, 1.54) is 11.1 Å². The minimum absolute atomic E-state index is 0.0879. The average Bonchev–Trinajstić information content (AvgIpc) is 2.96. The van der Waals surface area contributed by atoms with Crippen molar-refractivity contribution < 1.29 is 19.4 Å². The number of para-hydroxylation sites is 1. The maximum Gasteiger partial charge on any atom is 0.339 e. The second-order valence-corrected chi connectivity index (χ2v) is 6.80. The summed E-state index contributed by atoms with van der Waals surface area (Å²) < 4.78 is 5.13. The van der Waals surface area contributed by atoms with Crippen molar-refractivity contribution in [3.8, 4) is 5.75 Å². The Kier molecular flexibility index (Phi) is 4.39. The molecule has 0 aliphatic carbocycles. The molecule has 1 aromatic heterocycles. The van der Waals surface area contributed by atoms with Gasteiger partial charge in [-0.2, -0.15) is 0 Å². The lowest BCUT2D eigenvalue weighted by Gasteiger charge is -2.17. The van der Waals surface area contributed by atoms with Crippen molar-refractivity contribution >= 4 is 28.4 Å². The molecule has 1 aliphatic heterocycles. The van der Waals surface area contributed by atoms with Crippen molar-refractivity contribution in [2.45, 2.75) is 13.3 Å². The van der Waals surface area contributed by atoms with Crippen LogP contribution < -0.4 is 4.74 Å². The van der Waals surface area contributed by atoms with E-state index in [4.69, 9.17) is 4.74 Å². The quantitative estimate of drug-likeness (QED) is 0.732. The molecule has 6 nitrogen and oxygen atoms in total. The average molecular weight is 376 g/mol. The van der Waals surface area contributed by atoms with E-state index in [0.29, 0.717) is 30.0 Å². The van der Waals surface area contributed by atoms with Crippen LogP contribution in [0.3, 0.4) is 0 Å². The van der Waals surface area contributed by atoms with Crippen LogP contribution in [-0.4, -0.2) is 40.5 Å². The molecule has 2 aromatic carbocycles. The fourth-order valence-electron chi connectivity index (χ4n) is 3.65. The number of hydrogen-bond donors (Lipinski definition) is 2. The monoisotopic (exact) mass is 376 g/mol. The second kappa shape index (κ2) is 6.88. The van der Waals surface area contributed by atoms with Crippen LogP contribution in [0.15, 0.2) is 48.7 Å². The molecule has 0 unspecified atom stereocenters. The van der Waals surface area contributed by atoms with E-state index in [-0.39, 0.29) is 11.5 Å². The number of rotatable bonds is 3. The number of carboxylic acid groups (broad SMARTS) is 1. The van der Waals surface area contributed by atoms with Gasteiger partial charge in [0, 0.05) is 29.2 Å². The summed E-state index contributed by atoms with van der Waals surface area (Å²) in [5.74, 6) is -0.655. The number of amides is 1. The maximum atomic E-state index is 12.9. The molecule has 0 fully saturated rings. The molecule has 0 spiro atoms. The van der Waals surface area contributed by atoms with Gasteiger partial charge in [0.25, 0.3) is 5.91 Å². The Morgan fingerprint density at radius 3 is 2.57 bits per heavy atom. The standard InChI is InChI=1S/C22H20N2O4/c1-13-4-3-5-16-17-10-11-24(12-18(22(26)27)20(17)23-19(13)16)21(25)14-6-8-15(28-2)9-7-14/h3-9,12,23H,10-11H2,1-2H3,(H,26,27). The third kappa shape index (κ3) is 2.93. The van der Waals surface area contributed by atoms with E-state index >= 15 is 0 Å². The Morgan fingerprint density at radius 1 is 1.14 bits per heavy atom. The molecule has 6 heteroatoms. The van der Waals surface area contributed by atoms with Crippen LogP contribution in [-0.2, 0) is 11.2 Å². The van der Waals surface area contributed by atoms with Gasteiger partial charge in [-0.15, -0.1) is 0 Å². The van der Waals surface area contributed by atoms with E-state index in [2.05, 4.69) is 4.98 Å². The minimum atomic E-state index is -1.07. The van der Waals surface area contributed by atoms with E-state index in [9.17, 15) is 14.7 Å². The van der Waals surface area contributed by atoms with Gasteiger partial charge in [0.05, 0.1) is 18.4 Å². The van der Waals surface area contributed by atoms with Crippen LogP contribution in [0, 0.1) is 6.92 Å². The van der Waals surface area contributed by atoms with Crippen molar-refractivity contribution in [2.75, 3.05) is 13.7 Å². The number of carbonyl (C=O) groups excluding carboxylic acids is 1. The molecule has 0 radical (unpaired) electrons. The third-order valence-electron chi connectivity index (χ3n) is 5.13. The van der Waals surface area contributed by atoms with E-state index in [1.54, 1.807) is 31.4 Å². The van der Waals surface area contributed by atoms with Gasteiger partial charge in [-0.3, -0.25) is 4.79 Å². The molecule has 3 aromatic rings. The number of aliphatic carboxylic acids is 1. The lowest BCUT2D eigenvalue weighted by atomic mass is 10.0. The molecule has 1 aliphatic rings. The van der Waals surface area contributed by atoms with E-state index in [0.717, 1.165) is 22.0 Å². The lowest BCUT2D eigenvalue weighted by Crippen LogP contribution is -2.27. The summed E-state index contributed by atoms with van der Waals surface area (Å²) in [4.78, 5) is 29.7. The van der Waals surface area contributed by atoms with Gasteiger partial charge >= 0.3 is 5.97 Å². The van der Waals surface area contributed by atoms with Gasteiger partial charge in [0.1, 0.15) is 5.75 Å². The van der Waals surface area contributed by atoms with E-state index < -0.39 is 5.97 Å². The molecule has 4 rings (SSSR count). The molecule has 0 saturated heterocycles. The molecule has 1 amide bonds. The number of H-pyrrole nitrogens is 1. The first-order valence-corrected chi connectivity index (χ1v) is 9.00. The first kappa shape index (κ1) is 17.9. The van der Waals surface area contributed by atoms with E-state index in [1.807, 2.05) is 25.1 Å². The minimum Gasteiger partial charge on any atom is -0.497 e. The van der Waals surface area contributed by atoms with Crippen molar-refractivity contribution in [3.63, 3.8) is 0 Å². The molecule has 0 saturated carbocycles. The number of nitrogens with one attached hydrogen (secondary N) is 1. The fourth-order valence-corrected chi connectivity index (χ4v) is 3.65. The number of aryl methyl sites for hydroxylation is 1. The number of carbonyl (C=O) groups is 2. The molecule has 2 heterocycles. The summed E-state index contributed by atoms with van der Waals surface area (Å²) in [7, 11) is 1.56. The Balaban J connectivity index is 1.77. The number of ether oxygens (including phenoxy) is 1. The van der Waals surface area contributed by atoms with Crippen molar-refractivity contribution in [3.05, 3.63) is 71.0 Å². The van der Waals surface area contributed by atoms with Crippen LogP contribution in [0.4, 0.5) is 0 Å². The highest BCUT2D eigenvalue weighted by molar-refractivity contribution is 6.17. The highest BCUT2D eigenvalue weighted by Gasteiger charge is 2.27. The number of fused-ring (bicyclic) bond motifs is 3. The van der Waals surface area contributed by atoms with Crippen LogP contribution in [0.2, 0.25) is 0 Å². The summed E-state index contributed by atoms with van der Waals surface area (Å²) in [6, 6.07) is 12.7. The van der Waals surface area contributed by atoms with Gasteiger partial charge in [-0.05, 0) is 48.7 Å². The molecule has 2 N–H and O–H groups in total. The lowest BCUT2D eigenvalue weighted by molar-refractivity contribution is -0.130. The zero-order valence-corrected chi connectivity index (χ0v) is 15.7.